The van der Waals surface area contributed by atoms with Gasteiger partial charge in [-0.25, -0.2) is 0 Å². The van der Waals surface area contributed by atoms with Crippen molar-refractivity contribution in [3.63, 3.8) is 0 Å². The highest BCUT2D eigenvalue weighted by atomic mass is 16.6. The molecule has 2 aromatic rings. The highest BCUT2D eigenvalue weighted by Crippen LogP contribution is 2.29. The van der Waals surface area contributed by atoms with E-state index < -0.39 is 0 Å². The van der Waals surface area contributed by atoms with Crippen molar-refractivity contribution in [2.75, 3.05) is 0 Å². The lowest BCUT2D eigenvalue weighted by atomic mass is 10.1. The molecule has 0 aliphatic heterocycles. The molecule has 0 spiro atoms. The number of hydrogen-bond donors (Lipinski definition) is 0. The molecule has 2 aromatic carbocycles. The Hall–Kier alpha value is -2.36. The summed E-state index contributed by atoms with van der Waals surface area (Å²) in [6.45, 7) is 2.43. The lowest BCUT2D eigenvalue weighted by Gasteiger charge is -2.08. The molecule has 4 nitrogen and oxygen atoms in total. The maximum atomic E-state index is 11.2. The van der Waals surface area contributed by atoms with Crippen LogP contribution in [0.4, 0.5) is 5.69 Å². The minimum Gasteiger partial charge on any atom is -0.482 e. The monoisotopic (exact) mass is 285 g/mol. The second-order valence-corrected chi connectivity index (χ2v) is 4.94. The third kappa shape index (κ3) is 4.31. The Kier molecular flexibility index (Phi) is 5.32. The predicted octanol–water partition coefficient (Wildman–Crippen LogP) is 4.52. The van der Waals surface area contributed by atoms with Gasteiger partial charge in [0.25, 0.3) is 0 Å². The number of hydrogen-bond acceptors (Lipinski definition) is 3. The number of nitro benzene ring substituents is 1. The van der Waals surface area contributed by atoms with E-state index in [1.165, 1.54) is 0 Å². The lowest BCUT2D eigenvalue weighted by Crippen LogP contribution is -2.00. The van der Waals surface area contributed by atoms with E-state index in [0.717, 1.165) is 30.4 Å². The fourth-order valence-corrected chi connectivity index (χ4v) is 2.10. The number of ether oxygens (including phenoxy) is 1. The number of aryl methyl sites for hydroxylation is 1. The highest BCUT2D eigenvalue weighted by Gasteiger charge is 2.16. The summed E-state index contributed by atoms with van der Waals surface area (Å²) in [6, 6.07) is 14.9. The first-order valence-corrected chi connectivity index (χ1v) is 7.14. The first-order valence-electron chi connectivity index (χ1n) is 7.14. The summed E-state index contributed by atoms with van der Waals surface area (Å²) in [5.41, 5.74) is 2.01. The standard InChI is InChI=1S/C17H19NO3/c1-2-3-7-14-10-11-17(16(12-14)18(19)20)21-13-15-8-5-4-6-9-15/h4-6,8-12H,2-3,7,13H2,1H3. The Morgan fingerprint density at radius 2 is 1.86 bits per heavy atom. The van der Waals surface area contributed by atoms with Crippen LogP contribution in [0.1, 0.15) is 30.9 Å². The Morgan fingerprint density at radius 1 is 1.10 bits per heavy atom. The minimum absolute atomic E-state index is 0.0412. The van der Waals surface area contributed by atoms with Crippen molar-refractivity contribution < 1.29 is 9.66 Å². The van der Waals surface area contributed by atoms with E-state index in [0.29, 0.717) is 12.4 Å². The summed E-state index contributed by atoms with van der Waals surface area (Å²) in [7, 11) is 0. The van der Waals surface area contributed by atoms with Crippen LogP contribution >= 0.6 is 0 Å². The largest absolute Gasteiger partial charge is 0.482 e. The van der Waals surface area contributed by atoms with E-state index in [1.807, 2.05) is 36.4 Å². The van der Waals surface area contributed by atoms with Crippen LogP contribution in [-0.4, -0.2) is 4.92 Å². The molecule has 0 unspecified atom stereocenters. The SMILES string of the molecule is CCCCc1ccc(OCc2ccccc2)c([N+](=O)[O-])c1. The average molecular weight is 285 g/mol. The van der Waals surface area contributed by atoms with Gasteiger partial charge in [-0.2, -0.15) is 0 Å². The summed E-state index contributed by atoms with van der Waals surface area (Å²) >= 11 is 0. The van der Waals surface area contributed by atoms with Gasteiger partial charge >= 0.3 is 5.69 Å². The molecule has 0 heterocycles. The Labute approximate surface area is 124 Å². The molecule has 0 fully saturated rings. The second kappa shape index (κ2) is 7.43. The Morgan fingerprint density at radius 3 is 2.52 bits per heavy atom. The van der Waals surface area contributed by atoms with Crippen LogP contribution in [-0.2, 0) is 13.0 Å². The van der Waals surface area contributed by atoms with Crippen LogP contribution in [0.15, 0.2) is 48.5 Å². The third-order valence-electron chi connectivity index (χ3n) is 3.28. The Bertz CT molecular complexity index is 596. The quantitative estimate of drug-likeness (QED) is 0.555. The smallest absolute Gasteiger partial charge is 0.311 e. The van der Waals surface area contributed by atoms with Gasteiger partial charge in [0.05, 0.1) is 4.92 Å². The average Bonchev–Trinajstić information content (AvgIpc) is 2.52. The van der Waals surface area contributed by atoms with Crippen molar-refractivity contribution in [2.45, 2.75) is 32.8 Å². The molecule has 0 bridgehead atoms. The molecule has 0 aromatic heterocycles. The zero-order valence-corrected chi connectivity index (χ0v) is 12.1. The van der Waals surface area contributed by atoms with Gasteiger partial charge in [0.1, 0.15) is 6.61 Å². The van der Waals surface area contributed by atoms with Crippen LogP contribution in [0.25, 0.3) is 0 Å². The molecule has 110 valence electrons. The molecular formula is C17H19NO3. The number of benzene rings is 2. The van der Waals surface area contributed by atoms with Crippen molar-refractivity contribution in [3.05, 3.63) is 69.8 Å². The fourth-order valence-electron chi connectivity index (χ4n) is 2.10. The molecule has 0 amide bonds. The normalized spacial score (nSPS) is 10.3. The van der Waals surface area contributed by atoms with Crippen molar-refractivity contribution in [3.8, 4) is 5.75 Å². The van der Waals surface area contributed by atoms with Crippen molar-refractivity contribution >= 4 is 5.69 Å². The molecule has 0 N–H and O–H groups in total. The molecule has 0 radical (unpaired) electrons. The van der Waals surface area contributed by atoms with Crippen LogP contribution in [0.2, 0.25) is 0 Å². The molecule has 21 heavy (non-hydrogen) atoms. The topological polar surface area (TPSA) is 52.4 Å². The molecule has 0 aliphatic carbocycles. The van der Waals surface area contributed by atoms with Gasteiger partial charge in [-0.3, -0.25) is 10.1 Å². The van der Waals surface area contributed by atoms with E-state index in [-0.39, 0.29) is 10.6 Å². The van der Waals surface area contributed by atoms with Crippen molar-refractivity contribution in [1.29, 1.82) is 0 Å². The second-order valence-electron chi connectivity index (χ2n) is 4.94. The Balaban J connectivity index is 2.12. The van der Waals surface area contributed by atoms with E-state index in [9.17, 15) is 10.1 Å². The minimum atomic E-state index is -0.379. The van der Waals surface area contributed by atoms with Crippen LogP contribution in [0.5, 0.6) is 5.75 Å². The van der Waals surface area contributed by atoms with Gasteiger partial charge in [-0.15, -0.1) is 0 Å². The molecule has 0 saturated heterocycles. The van der Waals surface area contributed by atoms with Gasteiger partial charge in [0, 0.05) is 6.07 Å². The van der Waals surface area contributed by atoms with Crippen molar-refractivity contribution in [1.82, 2.24) is 0 Å². The fraction of sp³-hybridized carbons (Fsp3) is 0.294. The summed E-state index contributed by atoms with van der Waals surface area (Å²) < 4.78 is 5.60. The van der Waals surface area contributed by atoms with Crippen molar-refractivity contribution in [2.24, 2.45) is 0 Å². The molecular weight excluding hydrogens is 266 g/mol. The zero-order valence-electron chi connectivity index (χ0n) is 12.1. The van der Waals surface area contributed by atoms with E-state index in [1.54, 1.807) is 12.1 Å². The van der Waals surface area contributed by atoms with Gasteiger partial charge in [-0.1, -0.05) is 49.7 Å². The molecule has 0 aliphatic rings. The summed E-state index contributed by atoms with van der Waals surface area (Å²) in [5, 5.41) is 11.2. The molecule has 4 heteroatoms. The third-order valence-corrected chi connectivity index (χ3v) is 3.28. The first kappa shape index (κ1) is 15.0. The van der Waals surface area contributed by atoms with E-state index in [2.05, 4.69) is 6.92 Å². The lowest BCUT2D eigenvalue weighted by molar-refractivity contribution is -0.386. The summed E-state index contributed by atoms with van der Waals surface area (Å²) in [6.07, 6.45) is 2.96. The van der Waals surface area contributed by atoms with Crippen LogP contribution in [0, 0.1) is 10.1 Å². The van der Waals surface area contributed by atoms with E-state index in [4.69, 9.17) is 4.74 Å². The number of unbranched alkanes of at least 4 members (excludes halogenated alkanes) is 1. The van der Waals surface area contributed by atoms with Gasteiger partial charge in [0.2, 0.25) is 0 Å². The molecule has 2 rings (SSSR count). The number of nitro groups is 1. The predicted molar refractivity (Wildman–Crippen MR) is 82.5 cm³/mol. The maximum Gasteiger partial charge on any atom is 0.311 e. The maximum absolute atomic E-state index is 11.2. The summed E-state index contributed by atoms with van der Waals surface area (Å²) in [4.78, 5) is 10.8. The van der Waals surface area contributed by atoms with Gasteiger partial charge < -0.3 is 4.74 Å². The molecule has 0 saturated carbocycles. The first-order chi connectivity index (χ1) is 10.2. The highest BCUT2D eigenvalue weighted by molar-refractivity contribution is 5.48. The molecule has 0 atom stereocenters. The summed E-state index contributed by atoms with van der Waals surface area (Å²) in [5.74, 6) is 0.323. The van der Waals surface area contributed by atoms with Crippen LogP contribution in [0.3, 0.4) is 0 Å². The van der Waals surface area contributed by atoms with Crippen LogP contribution < -0.4 is 4.74 Å². The number of nitrogens with zero attached hydrogens (tertiary/aromatic N) is 1. The van der Waals surface area contributed by atoms with Gasteiger partial charge in [0.15, 0.2) is 5.75 Å². The van der Waals surface area contributed by atoms with E-state index >= 15 is 0 Å². The number of rotatable bonds is 7. The zero-order chi connectivity index (χ0) is 15.1. The van der Waals surface area contributed by atoms with Gasteiger partial charge in [-0.05, 0) is 30.0 Å².